The first-order valence-corrected chi connectivity index (χ1v) is 13.5. The number of benzene rings is 2. The van der Waals surface area contributed by atoms with E-state index in [9.17, 15) is 29.4 Å². The number of ketones is 2. The van der Waals surface area contributed by atoms with Gasteiger partial charge in [-0.05, 0) is 11.1 Å². The van der Waals surface area contributed by atoms with Crippen LogP contribution in [-0.4, -0.2) is 81.1 Å². The van der Waals surface area contributed by atoms with Crippen LogP contribution < -0.4 is 0 Å². The van der Waals surface area contributed by atoms with Gasteiger partial charge in [-0.1, -0.05) is 60.7 Å². The van der Waals surface area contributed by atoms with Crippen molar-refractivity contribution < 1.29 is 38.9 Å². The molecule has 2 saturated heterocycles. The van der Waals surface area contributed by atoms with Gasteiger partial charge in [0.05, 0.1) is 24.3 Å². The predicted octanol–water partition coefficient (Wildman–Crippen LogP) is 2.70. The minimum atomic E-state index is -1.04. The van der Waals surface area contributed by atoms with Gasteiger partial charge in [-0.15, -0.1) is 0 Å². The van der Waals surface area contributed by atoms with E-state index in [0.29, 0.717) is 25.9 Å². The summed E-state index contributed by atoms with van der Waals surface area (Å²) in [6, 6.07) is 18.9. The number of β-amino-alcohol motifs (C(OH)–C–C–N with tert-alkyl or cyclic N) is 2. The molecule has 2 aliphatic carbocycles. The van der Waals surface area contributed by atoms with Crippen molar-refractivity contribution in [1.29, 1.82) is 0 Å². The molecule has 0 aromatic heterocycles. The van der Waals surface area contributed by atoms with Gasteiger partial charge in [0, 0.05) is 50.6 Å². The molecule has 40 heavy (non-hydrogen) atoms. The van der Waals surface area contributed by atoms with Gasteiger partial charge in [0.1, 0.15) is 24.8 Å². The van der Waals surface area contributed by atoms with E-state index < -0.39 is 23.4 Å². The Morgan fingerprint density at radius 3 is 1.43 bits per heavy atom. The van der Waals surface area contributed by atoms with E-state index in [4.69, 9.17) is 9.47 Å². The zero-order valence-corrected chi connectivity index (χ0v) is 22.2. The van der Waals surface area contributed by atoms with E-state index >= 15 is 0 Å². The standard InChI is InChI=1S/2C15H17NO4/c2*17-13-6-12-8-16(10-15(12,19)7-13)14(18)20-9-11-4-2-1-3-5-11/h2*1-5,12,19H,6-10H2/t2*12-,15-/m10/s1. The number of fused-ring (bicyclic) bond motifs is 2. The van der Waals surface area contributed by atoms with Gasteiger partial charge in [0.15, 0.2) is 0 Å². The van der Waals surface area contributed by atoms with E-state index in [2.05, 4.69) is 0 Å². The lowest BCUT2D eigenvalue weighted by Crippen LogP contribution is -2.37. The van der Waals surface area contributed by atoms with Gasteiger partial charge in [-0.2, -0.15) is 0 Å². The van der Waals surface area contributed by atoms with Crippen LogP contribution >= 0.6 is 0 Å². The summed E-state index contributed by atoms with van der Waals surface area (Å²) < 4.78 is 10.5. The lowest BCUT2D eigenvalue weighted by Gasteiger charge is -2.20. The number of aliphatic hydroxyl groups is 2. The number of hydrogen-bond acceptors (Lipinski definition) is 8. The average Bonchev–Trinajstić information content (AvgIpc) is 3.60. The third kappa shape index (κ3) is 6.18. The molecule has 0 spiro atoms. The number of nitrogens with zero attached hydrogens (tertiary/aromatic N) is 2. The van der Waals surface area contributed by atoms with E-state index in [1.54, 1.807) is 0 Å². The largest absolute Gasteiger partial charge is 0.445 e. The predicted molar refractivity (Wildman–Crippen MR) is 142 cm³/mol. The van der Waals surface area contributed by atoms with Crippen LogP contribution in [0.1, 0.15) is 36.8 Å². The number of carbonyl (C=O) groups is 4. The Hall–Kier alpha value is -3.76. The first kappa shape index (κ1) is 27.8. The quantitative estimate of drug-likeness (QED) is 0.594. The van der Waals surface area contributed by atoms with Crippen LogP contribution in [0.2, 0.25) is 0 Å². The third-order valence-electron chi connectivity index (χ3n) is 8.21. The van der Waals surface area contributed by atoms with E-state index in [0.717, 1.165) is 11.1 Å². The van der Waals surface area contributed by atoms with Crippen molar-refractivity contribution >= 4 is 23.8 Å². The minimum Gasteiger partial charge on any atom is -0.445 e. The lowest BCUT2D eigenvalue weighted by atomic mass is 9.95. The van der Waals surface area contributed by atoms with Crippen molar-refractivity contribution in [2.75, 3.05) is 26.2 Å². The summed E-state index contributed by atoms with van der Waals surface area (Å²) in [6.07, 6.45) is 0.173. The summed E-state index contributed by atoms with van der Waals surface area (Å²) in [6.45, 7) is 1.62. The Labute approximate surface area is 232 Å². The molecule has 2 aliphatic heterocycles. The maximum absolute atomic E-state index is 12.0. The van der Waals surface area contributed by atoms with Crippen molar-refractivity contribution in [3.8, 4) is 0 Å². The van der Waals surface area contributed by atoms with Crippen LogP contribution in [0, 0.1) is 11.8 Å². The number of ether oxygens (including phenoxy) is 2. The average molecular weight is 551 g/mol. The van der Waals surface area contributed by atoms with Crippen LogP contribution in [0.15, 0.2) is 60.7 Å². The third-order valence-corrected chi connectivity index (χ3v) is 8.21. The van der Waals surface area contributed by atoms with Crippen LogP contribution in [0.25, 0.3) is 0 Å². The first-order chi connectivity index (χ1) is 19.1. The second-order valence-corrected chi connectivity index (χ2v) is 11.3. The molecule has 2 heterocycles. The Balaban J connectivity index is 0.000000161. The lowest BCUT2D eigenvalue weighted by molar-refractivity contribution is -0.120. The summed E-state index contributed by atoms with van der Waals surface area (Å²) in [4.78, 5) is 49.7. The summed E-state index contributed by atoms with van der Waals surface area (Å²) >= 11 is 0. The Morgan fingerprint density at radius 1 is 0.700 bits per heavy atom. The van der Waals surface area contributed by atoms with Gasteiger partial charge in [0.2, 0.25) is 0 Å². The van der Waals surface area contributed by atoms with Gasteiger partial charge in [-0.3, -0.25) is 9.59 Å². The number of carbonyl (C=O) groups excluding carboxylic acids is 4. The number of amides is 2. The van der Waals surface area contributed by atoms with Crippen molar-refractivity contribution in [2.45, 2.75) is 50.1 Å². The zero-order chi connectivity index (χ0) is 28.3. The molecule has 2 aromatic carbocycles. The molecular weight excluding hydrogens is 516 g/mol. The number of likely N-dealkylation sites (tertiary alicyclic amines) is 2. The molecule has 0 bridgehead atoms. The second-order valence-electron chi connectivity index (χ2n) is 11.3. The summed E-state index contributed by atoms with van der Waals surface area (Å²) in [5, 5.41) is 20.7. The minimum absolute atomic E-state index is 0.0785. The SMILES string of the molecule is O=C1C[C@@H]2CN(C(=O)OCc3ccccc3)C[C@]2(O)C1.O=C1C[C@H]2CN(C(=O)OCc3ccccc3)C[C@@]2(O)C1. The molecule has 2 N–H and O–H groups in total. The fourth-order valence-electron chi connectivity index (χ4n) is 6.11. The molecule has 0 unspecified atom stereocenters. The maximum Gasteiger partial charge on any atom is 0.410 e. The number of rotatable bonds is 4. The molecule has 2 saturated carbocycles. The topological polar surface area (TPSA) is 134 Å². The zero-order valence-electron chi connectivity index (χ0n) is 22.2. The molecule has 10 nitrogen and oxygen atoms in total. The van der Waals surface area contributed by atoms with E-state index in [1.807, 2.05) is 60.7 Å². The summed E-state index contributed by atoms with van der Waals surface area (Å²) in [5.41, 5.74) is -0.227. The van der Waals surface area contributed by atoms with Gasteiger partial charge < -0.3 is 29.5 Å². The van der Waals surface area contributed by atoms with E-state index in [-0.39, 0.29) is 62.5 Å². The Bertz CT molecular complexity index is 1160. The van der Waals surface area contributed by atoms with Crippen LogP contribution in [-0.2, 0) is 32.3 Å². The highest BCUT2D eigenvalue weighted by atomic mass is 16.6. The van der Waals surface area contributed by atoms with Crippen molar-refractivity contribution in [3.63, 3.8) is 0 Å². The molecular formula is C30H34N2O8. The van der Waals surface area contributed by atoms with Crippen molar-refractivity contribution in [2.24, 2.45) is 11.8 Å². The van der Waals surface area contributed by atoms with Crippen molar-refractivity contribution in [3.05, 3.63) is 71.8 Å². The van der Waals surface area contributed by atoms with Crippen LogP contribution in [0.5, 0.6) is 0 Å². The monoisotopic (exact) mass is 550 g/mol. The molecule has 4 atom stereocenters. The smallest absolute Gasteiger partial charge is 0.410 e. The molecule has 4 fully saturated rings. The maximum atomic E-state index is 12.0. The molecule has 2 amide bonds. The number of Topliss-reactive ketones (excluding diaryl/α,β-unsaturated/α-hetero) is 2. The first-order valence-electron chi connectivity index (χ1n) is 13.5. The normalized spacial score (nSPS) is 28.6. The summed E-state index contributed by atoms with van der Waals surface area (Å²) in [5.74, 6) is -0.122. The van der Waals surface area contributed by atoms with Gasteiger partial charge in [0.25, 0.3) is 0 Å². The molecule has 2 aromatic rings. The van der Waals surface area contributed by atoms with E-state index in [1.165, 1.54) is 9.80 Å². The highest BCUT2D eigenvalue weighted by molar-refractivity contribution is 5.84. The second kappa shape index (κ2) is 11.4. The molecule has 6 rings (SSSR count). The van der Waals surface area contributed by atoms with Crippen LogP contribution in [0.3, 0.4) is 0 Å². The summed E-state index contributed by atoms with van der Waals surface area (Å²) in [7, 11) is 0. The molecule has 10 heteroatoms. The fraction of sp³-hybridized carbons (Fsp3) is 0.467. The van der Waals surface area contributed by atoms with Gasteiger partial charge in [-0.25, -0.2) is 9.59 Å². The highest BCUT2D eigenvalue weighted by Gasteiger charge is 2.54. The Morgan fingerprint density at radius 2 is 1.07 bits per heavy atom. The number of hydrogen-bond donors (Lipinski definition) is 2. The Kier molecular flexibility index (Phi) is 7.91. The highest BCUT2D eigenvalue weighted by Crippen LogP contribution is 2.40. The fourth-order valence-corrected chi connectivity index (χ4v) is 6.11. The van der Waals surface area contributed by atoms with Gasteiger partial charge >= 0.3 is 12.2 Å². The molecule has 0 radical (unpaired) electrons. The van der Waals surface area contributed by atoms with Crippen molar-refractivity contribution in [1.82, 2.24) is 9.80 Å². The molecule has 212 valence electrons. The van der Waals surface area contributed by atoms with Crippen LogP contribution in [0.4, 0.5) is 9.59 Å². The molecule has 4 aliphatic rings.